The first-order chi connectivity index (χ1) is 5.77. The van der Waals surface area contributed by atoms with Crippen LogP contribution in [-0.4, -0.2) is 6.41 Å². The van der Waals surface area contributed by atoms with Crippen LogP contribution in [0.2, 0.25) is 0 Å². The van der Waals surface area contributed by atoms with Crippen molar-refractivity contribution >= 4 is 17.8 Å². The molecule has 0 saturated carbocycles. The molecule has 4 heteroatoms. The van der Waals surface area contributed by atoms with Crippen LogP contribution in [0.15, 0.2) is 23.4 Å². The van der Waals surface area contributed by atoms with Crippen LogP contribution in [0.4, 0.5) is 11.4 Å². The molecule has 62 valence electrons. The second kappa shape index (κ2) is 3.61. The Labute approximate surface area is 69.6 Å². The standard InChI is InChI=1S/C8H8N2O2/c1-6-4-7(10-12)2-3-8(6)9-5-11/h2-5H,1H3,(H,9,11). The van der Waals surface area contributed by atoms with Gasteiger partial charge in [0.1, 0.15) is 5.69 Å². The molecule has 12 heavy (non-hydrogen) atoms. The van der Waals surface area contributed by atoms with Crippen LogP contribution < -0.4 is 5.32 Å². The molecule has 1 rings (SSSR count). The molecule has 1 aromatic rings. The van der Waals surface area contributed by atoms with Gasteiger partial charge in [-0.25, -0.2) is 0 Å². The highest BCUT2D eigenvalue weighted by molar-refractivity contribution is 5.74. The number of anilines is 1. The molecule has 0 heterocycles. The molecule has 1 amide bonds. The first-order valence-corrected chi connectivity index (χ1v) is 3.42. The summed E-state index contributed by atoms with van der Waals surface area (Å²) in [6.07, 6.45) is 0.594. The van der Waals surface area contributed by atoms with E-state index < -0.39 is 0 Å². The first-order valence-electron chi connectivity index (χ1n) is 3.42. The number of rotatable bonds is 3. The normalized spacial score (nSPS) is 9.08. The molecule has 0 aliphatic heterocycles. The minimum absolute atomic E-state index is 0.365. The summed E-state index contributed by atoms with van der Waals surface area (Å²) in [6, 6.07) is 4.80. The number of carbonyl (C=O) groups is 1. The lowest BCUT2D eigenvalue weighted by Crippen LogP contribution is -1.95. The molecule has 4 nitrogen and oxygen atoms in total. The van der Waals surface area contributed by atoms with Crippen LogP contribution in [0, 0.1) is 11.8 Å². The van der Waals surface area contributed by atoms with E-state index in [0.29, 0.717) is 17.8 Å². The molecule has 0 aliphatic rings. The van der Waals surface area contributed by atoms with Crippen molar-refractivity contribution in [2.24, 2.45) is 5.18 Å². The van der Waals surface area contributed by atoms with Crippen molar-refractivity contribution in [1.29, 1.82) is 0 Å². The Morgan fingerprint density at radius 1 is 1.50 bits per heavy atom. The molecule has 0 fully saturated rings. The highest BCUT2D eigenvalue weighted by atomic mass is 16.3. The molecule has 1 aromatic carbocycles. The Hall–Kier alpha value is -1.71. The van der Waals surface area contributed by atoms with Gasteiger partial charge in [0.15, 0.2) is 0 Å². The molecule has 0 radical (unpaired) electrons. The third kappa shape index (κ3) is 1.66. The summed E-state index contributed by atoms with van der Waals surface area (Å²) in [5.74, 6) is 0. The number of aryl methyl sites for hydroxylation is 1. The van der Waals surface area contributed by atoms with Crippen LogP contribution in [0.5, 0.6) is 0 Å². The number of nitrogens with zero attached hydrogens (tertiary/aromatic N) is 1. The van der Waals surface area contributed by atoms with E-state index >= 15 is 0 Å². The lowest BCUT2D eigenvalue weighted by molar-refractivity contribution is -0.105. The average molecular weight is 164 g/mol. The van der Waals surface area contributed by atoms with Gasteiger partial charge >= 0.3 is 0 Å². The van der Waals surface area contributed by atoms with Crippen molar-refractivity contribution in [3.8, 4) is 0 Å². The molecule has 0 bridgehead atoms. The zero-order valence-electron chi connectivity index (χ0n) is 6.57. The van der Waals surface area contributed by atoms with Gasteiger partial charge in [0.2, 0.25) is 6.41 Å². The minimum Gasteiger partial charge on any atom is -0.328 e. The number of hydrogen-bond donors (Lipinski definition) is 1. The van der Waals surface area contributed by atoms with Gasteiger partial charge in [0.05, 0.1) is 0 Å². The Kier molecular flexibility index (Phi) is 2.53. The summed E-state index contributed by atoms with van der Waals surface area (Å²) in [5, 5.41) is 5.27. The fraction of sp³-hybridized carbons (Fsp3) is 0.125. The Balaban J connectivity index is 3.02. The molecule has 0 aromatic heterocycles. The summed E-state index contributed by atoms with van der Waals surface area (Å²) in [4.78, 5) is 20.2. The van der Waals surface area contributed by atoms with Crippen LogP contribution in [0.1, 0.15) is 5.56 Å². The van der Waals surface area contributed by atoms with Gasteiger partial charge in [0, 0.05) is 5.69 Å². The highest BCUT2D eigenvalue weighted by Gasteiger charge is 1.97. The molecular weight excluding hydrogens is 156 g/mol. The quantitative estimate of drug-likeness (QED) is 0.548. The Morgan fingerprint density at radius 2 is 2.25 bits per heavy atom. The Bertz CT molecular complexity index is 310. The molecular formula is C8H8N2O2. The van der Waals surface area contributed by atoms with Gasteiger partial charge < -0.3 is 5.32 Å². The van der Waals surface area contributed by atoms with Crippen molar-refractivity contribution in [2.45, 2.75) is 6.92 Å². The molecule has 0 spiro atoms. The molecule has 0 aliphatic carbocycles. The average Bonchev–Trinajstić information content (AvgIpc) is 2.09. The number of carbonyl (C=O) groups excluding carboxylic acids is 1. The van der Waals surface area contributed by atoms with E-state index in [1.807, 2.05) is 0 Å². The van der Waals surface area contributed by atoms with Gasteiger partial charge in [-0.15, -0.1) is 4.91 Å². The molecule has 0 atom stereocenters. The monoisotopic (exact) mass is 164 g/mol. The van der Waals surface area contributed by atoms with E-state index in [-0.39, 0.29) is 0 Å². The summed E-state index contributed by atoms with van der Waals surface area (Å²) in [5.41, 5.74) is 1.88. The van der Waals surface area contributed by atoms with E-state index in [2.05, 4.69) is 10.5 Å². The second-order valence-corrected chi connectivity index (χ2v) is 2.35. The van der Waals surface area contributed by atoms with Crippen molar-refractivity contribution in [1.82, 2.24) is 0 Å². The van der Waals surface area contributed by atoms with Crippen molar-refractivity contribution in [3.63, 3.8) is 0 Å². The van der Waals surface area contributed by atoms with E-state index in [9.17, 15) is 9.70 Å². The van der Waals surface area contributed by atoms with Gasteiger partial charge in [-0.3, -0.25) is 4.79 Å². The lowest BCUT2D eigenvalue weighted by atomic mass is 10.2. The van der Waals surface area contributed by atoms with E-state index in [1.165, 1.54) is 0 Å². The fourth-order valence-electron chi connectivity index (χ4n) is 0.930. The van der Waals surface area contributed by atoms with Gasteiger partial charge in [-0.2, -0.15) is 0 Å². The maximum absolute atomic E-state index is 10.1. The number of benzene rings is 1. The van der Waals surface area contributed by atoms with Gasteiger partial charge in [0.25, 0.3) is 0 Å². The summed E-state index contributed by atoms with van der Waals surface area (Å²) in [7, 11) is 0. The topological polar surface area (TPSA) is 58.5 Å². The number of amides is 1. The number of nitroso groups, excluding NO2 is 1. The van der Waals surface area contributed by atoms with Crippen molar-refractivity contribution in [2.75, 3.05) is 5.32 Å². The van der Waals surface area contributed by atoms with E-state index in [4.69, 9.17) is 0 Å². The molecule has 0 unspecified atom stereocenters. The van der Waals surface area contributed by atoms with Crippen molar-refractivity contribution in [3.05, 3.63) is 28.7 Å². The minimum atomic E-state index is 0.365. The third-order valence-corrected chi connectivity index (χ3v) is 1.53. The highest BCUT2D eigenvalue weighted by Crippen LogP contribution is 2.20. The van der Waals surface area contributed by atoms with Gasteiger partial charge in [-0.05, 0) is 35.9 Å². The van der Waals surface area contributed by atoms with E-state index in [0.717, 1.165) is 5.56 Å². The molecule has 1 N–H and O–H groups in total. The SMILES string of the molecule is Cc1cc(N=O)ccc1NC=O. The zero-order valence-corrected chi connectivity index (χ0v) is 6.57. The van der Waals surface area contributed by atoms with Gasteiger partial charge in [-0.1, -0.05) is 0 Å². The summed E-state index contributed by atoms with van der Waals surface area (Å²) >= 11 is 0. The smallest absolute Gasteiger partial charge is 0.211 e. The fourth-order valence-corrected chi connectivity index (χ4v) is 0.930. The largest absolute Gasteiger partial charge is 0.328 e. The van der Waals surface area contributed by atoms with Crippen LogP contribution in [0.25, 0.3) is 0 Å². The number of hydrogen-bond acceptors (Lipinski definition) is 3. The van der Waals surface area contributed by atoms with Crippen molar-refractivity contribution < 1.29 is 4.79 Å². The third-order valence-electron chi connectivity index (χ3n) is 1.53. The summed E-state index contributed by atoms with van der Waals surface area (Å²) in [6.45, 7) is 1.79. The van der Waals surface area contributed by atoms with E-state index in [1.54, 1.807) is 25.1 Å². The lowest BCUT2D eigenvalue weighted by Gasteiger charge is -2.02. The zero-order chi connectivity index (χ0) is 8.97. The predicted molar refractivity (Wildman–Crippen MR) is 46.3 cm³/mol. The maximum Gasteiger partial charge on any atom is 0.211 e. The first kappa shape index (κ1) is 8.39. The molecule has 0 saturated heterocycles. The van der Waals surface area contributed by atoms with Crippen LogP contribution >= 0.6 is 0 Å². The predicted octanol–water partition coefficient (Wildman–Crippen LogP) is 1.96. The Morgan fingerprint density at radius 3 is 2.75 bits per heavy atom. The van der Waals surface area contributed by atoms with Crippen LogP contribution in [-0.2, 0) is 4.79 Å². The van der Waals surface area contributed by atoms with Crippen LogP contribution in [0.3, 0.4) is 0 Å². The number of nitrogens with one attached hydrogen (secondary N) is 1. The summed E-state index contributed by atoms with van der Waals surface area (Å²) < 4.78 is 0. The maximum atomic E-state index is 10.1. The second-order valence-electron chi connectivity index (χ2n) is 2.35.